The van der Waals surface area contributed by atoms with Crippen LogP contribution in [0.25, 0.3) is 11.1 Å². The Morgan fingerprint density at radius 1 is 1.04 bits per heavy atom. The van der Waals surface area contributed by atoms with Crippen LogP contribution in [0.3, 0.4) is 0 Å². The van der Waals surface area contributed by atoms with Crippen LogP contribution in [0.15, 0.2) is 77.9 Å². The van der Waals surface area contributed by atoms with E-state index in [1.165, 1.54) is 25.1 Å². The number of nitrogens with zero attached hydrogens (tertiary/aromatic N) is 5. The molecule has 0 radical (unpaired) electrons. The van der Waals surface area contributed by atoms with Gasteiger partial charge >= 0.3 is 12.1 Å². The lowest BCUT2D eigenvalue weighted by Gasteiger charge is -2.16. The Labute approximate surface area is 303 Å². The van der Waals surface area contributed by atoms with Gasteiger partial charge in [-0.3, -0.25) is 4.79 Å². The molecule has 1 aromatic heterocycles. The van der Waals surface area contributed by atoms with Crippen molar-refractivity contribution in [2.75, 3.05) is 6.61 Å². The van der Waals surface area contributed by atoms with Crippen molar-refractivity contribution in [1.29, 1.82) is 0 Å². The number of ether oxygens (including phenoxy) is 3. The number of halogens is 1. The maximum absolute atomic E-state index is 13.2. The van der Waals surface area contributed by atoms with Crippen LogP contribution in [0.4, 0.5) is 4.79 Å². The number of hydrazine groups is 1. The lowest BCUT2D eigenvalue weighted by molar-refractivity contribution is -0.763. The number of hydrogen-bond donors (Lipinski definition) is 2. The Hall–Kier alpha value is -6.00. The molecule has 16 nitrogen and oxygen atoms in total. The van der Waals surface area contributed by atoms with E-state index in [2.05, 4.69) is 14.9 Å². The molecular formula is C35H38ClN7O9. The molecule has 0 saturated carbocycles. The molecule has 274 valence electrons. The highest BCUT2D eigenvalue weighted by atomic mass is 35.5. The number of unbranched alkanes of at least 4 members (excludes halogenated alkanes) is 1. The van der Waals surface area contributed by atoms with Crippen LogP contribution in [0.2, 0.25) is 5.15 Å². The number of hydrazone groups is 1. The normalized spacial score (nSPS) is 11.8. The molecule has 0 fully saturated rings. The molecule has 0 bridgehead atoms. The van der Waals surface area contributed by atoms with Gasteiger partial charge in [0.1, 0.15) is 12.4 Å². The molecule has 0 aliphatic heterocycles. The molecule has 0 saturated heterocycles. The Morgan fingerprint density at radius 3 is 2.46 bits per heavy atom. The van der Waals surface area contributed by atoms with E-state index in [0.29, 0.717) is 34.1 Å². The van der Waals surface area contributed by atoms with E-state index < -0.39 is 29.4 Å². The fraction of sp³-hybridized carbons (Fsp3) is 0.286. The topological polar surface area (TPSA) is 217 Å². The van der Waals surface area contributed by atoms with Crippen LogP contribution in [-0.2, 0) is 38.6 Å². The first-order valence-corrected chi connectivity index (χ1v) is 16.6. The number of nitrogens with two attached hydrogens (primary N) is 2. The zero-order valence-electron chi connectivity index (χ0n) is 28.7. The van der Waals surface area contributed by atoms with Gasteiger partial charge in [0.25, 0.3) is 11.0 Å². The third-order valence-corrected chi connectivity index (χ3v) is 7.76. The predicted octanol–water partition coefficient (Wildman–Crippen LogP) is 5.62. The number of imidazole rings is 1. The van der Waals surface area contributed by atoms with Gasteiger partial charge in [0.15, 0.2) is 16.7 Å². The van der Waals surface area contributed by atoms with E-state index in [1.807, 2.05) is 43.3 Å². The van der Waals surface area contributed by atoms with Crippen molar-refractivity contribution in [3.63, 3.8) is 0 Å². The van der Waals surface area contributed by atoms with Gasteiger partial charge in [-0.15, -0.1) is 15.2 Å². The molecule has 1 amide bonds. The fourth-order valence-electron chi connectivity index (χ4n) is 5.07. The summed E-state index contributed by atoms with van der Waals surface area (Å²) in [6.45, 7) is 5.03. The van der Waals surface area contributed by atoms with Crippen LogP contribution < -0.4 is 11.6 Å². The highest BCUT2D eigenvalue weighted by molar-refractivity contribution is 6.32. The molecular weight excluding hydrogens is 698 g/mol. The summed E-state index contributed by atoms with van der Waals surface area (Å²) in [7, 11) is 0. The number of rotatable bonds is 16. The summed E-state index contributed by atoms with van der Waals surface area (Å²) in [5, 5.41) is 14.3. The minimum atomic E-state index is -1.24. The average molecular weight is 736 g/mol. The zero-order chi connectivity index (χ0) is 37.8. The second-order valence-electron chi connectivity index (χ2n) is 11.2. The molecule has 3 aromatic carbocycles. The number of benzene rings is 3. The molecule has 1 unspecified atom stereocenters. The smallest absolute Gasteiger partial charge is 0.435 e. The second-order valence-corrected chi connectivity index (χ2v) is 11.6. The fourth-order valence-corrected chi connectivity index (χ4v) is 5.35. The molecule has 4 rings (SSSR count). The van der Waals surface area contributed by atoms with Crippen molar-refractivity contribution >= 4 is 35.5 Å². The minimum absolute atomic E-state index is 0.0167. The largest absolute Gasteiger partial charge is 0.511 e. The SMILES string of the molecule is CCCCc1nc(Cl)c(C(=O)OC(C)OC(=O)OCC)n1Cc1ccc(-c2ccccc2/C(N)=N/N(N)C(=O)c2cccc(CO[N+](=O)[O-])c2)cc1. The molecule has 0 spiro atoms. The third-order valence-electron chi connectivity index (χ3n) is 7.49. The summed E-state index contributed by atoms with van der Waals surface area (Å²) in [4.78, 5) is 57.3. The van der Waals surface area contributed by atoms with Gasteiger partial charge in [-0.05, 0) is 47.7 Å². The van der Waals surface area contributed by atoms with Crippen molar-refractivity contribution in [3.05, 3.63) is 122 Å². The lowest BCUT2D eigenvalue weighted by Crippen LogP contribution is -2.35. The van der Waals surface area contributed by atoms with Gasteiger partial charge in [0.05, 0.1) is 6.61 Å². The highest BCUT2D eigenvalue weighted by Crippen LogP contribution is 2.27. The number of hydrogen-bond acceptors (Lipinski definition) is 12. The average Bonchev–Trinajstić information content (AvgIpc) is 3.43. The lowest BCUT2D eigenvalue weighted by atomic mass is 9.98. The first kappa shape index (κ1) is 38.8. The van der Waals surface area contributed by atoms with Crippen molar-refractivity contribution in [2.24, 2.45) is 16.7 Å². The Kier molecular flexibility index (Phi) is 13.7. The van der Waals surface area contributed by atoms with Gasteiger partial charge in [-0.1, -0.05) is 85.6 Å². The van der Waals surface area contributed by atoms with Crippen molar-refractivity contribution in [2.45, 2.75) is 59.5 Å². The molecule has 4 N–H and O–H groups in total. The third kappa shape index (κ3) is 10.3. The van der Waals surface area contributed by atoms with Gasteiger partial charge in [-0.25, -0.2) is 20.4 Å². The maximum atomic E-state index is 13.2. The van der Waals surface area contributed by atoms with E-state index >= 15 is 0 Å². The van der Waals surface area contributed by atoms with Gasteiger partial charge in [0.2, 0.25) is 6.29 Å². The van der Waals surface area contributed by atoms with Gasteiger partial charge in [-0.2, -0.15) is 5.12 Å². The summed E-state index contributed by atoms with van der Waals surface area (Å²) in [5.41, 5.74) is 9.66. The van der Waals surface area contributed by atoms with Crippen LogP contribution in [-0.4, -0.2) is 56.5 Å². The summed E-state index contributed by atoms with van der Waals surface area (Å²) in [6.07, 6.45) is 0.0451. The standard InChI is InChI=1S/C35H38ClN7O9/c1-4-6-14-29-39-31(36)30(34(45)51-22(3)52-35(46)49-5-2)41(29)20-23-15-17-25(18-16-23)27-12-7-8-13-28(27)32(37)40-42(38)33(44)26-11-9-10-24(19-26)21-50-43(47)48/h7-13,15-19,22H,4-6,14,20-21,38H2,1-3H3,(H2,37,40). The first-order chi connectivity index (χ1) is 24.9. The zero-order valence-corrected chi connectivity index (χ0v) is 29.4. The maximum Gasteiger partial charge on any atom is 0.511 e. The molecule has 1 heterocycles. The quantitative estimate of drug-likeness (QED) is 0.0210. The van der Waals surface area contributed by atoms with E-state index in [9.17, 15) is 24.5 Å². The van der Waals surface area contributed by atoms with Gasteiger partial charge < -0.3 is 29.3 Å². The monoisotopic (exact) mass is 735 g/mol. The number of esters is 1. The highest BCUT2D eigenvalue weighted by Gasteiger charge is 2.26. The van der Waals surface area contributed by atoms with Crippen molar-refractivity contribution in [1.82, 2.24) is 14.7 Å². The number of aromatic nitrogens is 2. The van der Waals surface area contributed by atoms with Crippen molar-refractivity contribution < 1.29 is 38.5 Å². The van der Waals surface area contributed by atoms with E-state index in [4.69, 9.17) is 37.4 Å². The summed E-state index contributed by atoms with van der Waals surface area (Å²) >= 11 is 6.45. The number of amidine groups is 1. The predicted molar refractivity (Wildman–Crippen MR) is 189 cm³/mol. The molecule has 0 aliphatic rings. The van der Waals surface area contributed by atoms with Crippen LogP contribution in [0.5, 0.6) is 0 Å². The van der Waals surface area contributed by atoms with E-state index in [-0.39, 0.29) is 42.0 Å². The molecule has 52 heavy (non-hydrogen) atoms. The summed E-state index contributed by atoms with van der Waals surface area (Å²) in [6, 6.07) is 20.6. The summed E-state index contributed by atoms with van der Waals surface area (Å²) in [5.74, 6) is 5.01. The number of aryl methyl sites for hydroxylation is 1. The molecule has 4 aromatic rings. The van der Waals surface area contributed by atoms with E-state index in [0.717, 1.165) is 24.0 Å². The molecule has 17 heteroatoms. The first-order valence-electron chi connectivity index (χ1n) is 16.2. The minimum Gasteiger partial charge on any atom is -0.435 e. The van der Waals surface area contributed by atoms with E-state index in [1.54, 1.807) is 29.7 Å². The molecule has 1 atom stereocenters. The van der Waals surface area contributed by atoms with Crippen LogP contribution in [0, 0.1) is 10.1 Å². The van der Waals surface area contributed by atoms with Crippen LogP contribution in [0.1, 0.15) is 77.0 Å². The summed E-state index contributed by atoms with van der Waals surface area (Å²) < 4.78 is 16.7. The molecule has 0 aliphatic carbocycles. The van der Waals surface area contributed by atoms with Crippen molar-refractivity contribution in [3.8, 4) is 11.1 Å². The number of amides is 1. The Balaban J connectivity index is 1.55. The number of carbonyl (C=O) groups excluding carboxylic acids is 3. The Morgan fingerprint density at radius 2 is 1.77 bits per heavy atom. The number of carbonyl (C=O) groups is 3. The van der Waals surface area contributed by atoms with Crippen LogP contribution >= 0.6 is 11.6 Å². The van der Waals surface area contributed by atoms with Gasteiger partial charge in [0, 0.05) is 31.0 Å². The second kappa shape index (κ2) is 18.3. The Bertz CT molecular complexity index is 1930.